The fourth-order valence-electron chi connectivity index (χ4n) is 1.34. The summed E-state index contributed by atoms with van der Waals surface area (Å²) in [5.74, 6) is -1.37. The summed E-state index contributed by atoms with van der Waals surface area (Å²) in [5.41, 5.74) is -0.796. The molecule has 0 spiro atoms. The maximum atomic E-state index is 12.2. The van der Waals surface area contributed by atoms with E-state index in [-0.39, 0.29) is 0 Å². The highest BCUT2D eigenvalue weighted by atomic mass is 32.2. The summed E-state index contributed by atoms with van der Waals surface area (Å²) in [6.45, 7) is 7.54. The van der Waals surface area contributed by atoms with Crippen LogP contribution in [-0.4, -0.2) is 65.1 Å². The summed E-state index contributed by atoms with van der Waals surface area (Å²) in [6, 6.07) is -1.11. The first-order valence-electron chi connectivity index (χ1n) is 6.93. The number of amides is 2. The standard InChI is InChI=1S/C14H25N3O5S/c1-9(11(19)15-12(23-8)16(6)7)17(22-10(2)18)13(20)21-14(3,4)5/h9H,1-8H3/b15-12+/t9-/m0/s1. The molecule has 0 fully saturated rings. The maximum Gasteiger partial charge on any atom is 0.444 e. The fourth-order valence-corrected chi connectivity index (χ4v) is 1.88. The van der Waals surface area contributed by atoms with Crippen molar-refractivity contribution < 1.29 is 24.0 Å². The Morgan fingerprint density at radius 1 is 1.17 bits per heavy atom. The van der Waals surface area contributed by atoms with Gasteiger partial charge in [0.2, 0.25) is 0 Å². The molecule has 0 aliphatic heterocycles. The number of amidine groups is 1. The normalized spacial score (nSPS) is 13.1. The minimum absolute atomic E-state index is 0.466. The van der Waals surface area contributed by atoms with E-state index in [9.17, 15) is 14.4 Å². The quantitative estimate of drug-likeness (QED) is 0.428. The Bertz CT molecular complexity index is 485. The van der Waals surface area contributed by atoms with Crippen LogP contribution < -0.4 is 0 Å². The molecule has 0 rings (SSSR count). The SMILES string of the molecule is CS/C(=N/C(=O)[C@H](C)N(OC(C)=O)C(=O)OC(C)(C)C)N(C)C. The Hall–Kier alpha value is -1.77. The van der Waals surface area contributed by atoms with E-state index < -0.39 is 29.6 Å². The highest BCUT2D eigenvalue weighted by Gasteiger charge is 2.33. The molecule has 0 aromatic heterocycles. The van der Waals surface area contributed by atoms with Crippen LogP contribution in [0.15, 0.2) is 4.99 Å². The van der Waals surface area contributed by atoms with Crippen LogP contribution in [0, 0.1) is 0 Å². The molecule has 0 radical (unpaired) electrons. The van der Waals surface area contributed by atoms with Crippen LogP contribution in [0.2, 0.25) is 0 Å². The highest BCUT2D eigenvalue weighted by Crippen LogP contribution is 2.14. The van der Waals surface area contributed by atoms with Crippen LogP contribution in [0.1, 0.15) is 34.6 Å². The lowest BCUT2D eigenvalue weighted by Gasteiger charge is -2.28. The smallest absolute Gasteiger partial charge is 0.442 e. The average Bonchev–Trinajstić information content (AvgIpc) is 2.38. The molecule has 0 unspecified atom stereocenters. The Labute approximate surface area is 141 Å². The third-order valence-electron chi connectivity index (χ3n) is 2.28. The van der Waals surface area contributed by atoms with Gasteiger partial charge in [0.1, 0.15) is 5.60 Å². The highest BCUT2D eigenvalue weighted by molar-refractivity contribution is 8.13. The molecule has 132 valence electrons. The lowest BCUT2D eigenvalue weighted by molar-refractivity contribution is -0.190. The second kappa shape index (κ2) is 8.76. The number of carbonyl (C=O) groups excluding carboxylic acids is 3. The van der Waals surface area contributed by atoms with Gasteiger partial charge in [-0.1, -0.05) is 11.8 Å². The molecular formula is C14H25N3O5S. The van der Waals surface area contributed by atoms with Gasteiger partial charge >= 0.3 is 12.1 Å². The topological polar surface area (TPSA) is 88.5 Å². The van der Waals surface area contributed by atoms with Crippen LogP contribution in [-0.2, 0) is 19.2 Å². The van der Waals surface area contributed by atoms with Gasteiger partial charge in [0.15, 0.2) is 11.2 Å². The number of hydrogen-bond acceptors (Lipinski definition) is 6. The van der Waals surface area contributed by atoms with Crippen molar-refractivity contribution in [2.45, 2.75) is 46.3 Å². The molecule has 0 aromatic carbocycles. The van der Waals surface area contributed by atoms with Gasteiger partial charge < -0.3 is 14.5 Å². The first-order chi connectivity index (χ1) is 10.4. The molecule has 0 saturated carbocycles. The van der Waals surface area contributed by atoms with Crippen LogP contribution in [0.4, 0.5) is 4.79 Å². The molecule has 0 aliphatic carbocycles. The van der Waals surface area contributed by atoms with Gasteiger partial charge in [-0.2, -0.15) is 4.99 Å². The summed E-state index contributed by atoms with van der Waals surface area (Å²) in [7, 11) is 3.48. The number of nitrogens with zero attached hydrogens (tertiary/aromatic N) is 3. The fraction of sp³-hybridized carbons (Fsp3) is 0.714. The number of carbonyl (C=O) groups is 3. The molecule has 2 amide bonds. The van der Waals surface area contributed by atoms with Gasteiger partial charge in [-0.05, 0) is 34.0 Å². The van der Waals surface area contributed by atoms with Gasteiger partial charge in [0.25, 0.3) is 5.91 Å². The van der Waals surface area contributed by atoms with Crippen molar-refractivity contribution >= 4 is 34.9 Å². The summed E-state index contributed by atoms with van der Waals surface area (Å²) in [4.78, 5) is 46.0. The van der Waals surface area contributed by atoms with Gasteiger partial charge in [-0.25, -0.2) is 4.79 Å². The lowest BCUT2D eigenvalue weighted by atomic mass is 10.2. The van der Waals surface area contributed by atoms with Gasteiger partial charge in [-0.15, -0.1) is 5.06 Å². The third kappa shape index (κ3) is 7.87. The van der Waals surface area contributed by atoms with Crippen molar-refractivity contribution in [2.75, 3.05) is 20.4 Å². The van der Waals surface area contributed by atoms with E-state index in [0.717, 1.165) is 6.92 Å². The minimum atomic E-state index is -1.11. The average molecular weight is 347 g/mol. The number of thioether (sulfide) groups is 1. The molecule has 0 heterocycles. The number of hydrogen-bond donors (Lipinski definition) is 0. The Balaban J connectivity index is 5.36. The van der Waals surface area contributed by atoms with Crippen molar-refractivity contribution in [3.63, 3.8) is 0 Å². The summed E-state index contributed by atoms with van der Waals surface area (Å²) in [5, 5.41) is 1.07. The van der Waals surface area contributed by atoms with Crippen molar-refractivity contribution in [3.8, 4) is 0 Å². The van der Waals surface area contributed by atoms with Gasteiger partial charge in [0, 0.05) is 21.0 Å². The van der Waals surface area contributed by atoms with Crippen LogP contribution in [0.25, 0.3) is 0 Å². The minimum Gasteiger partial charge on any atom is -0.442 e. The zero-order valence-corrected chi connectivity index (χ0v) is 15.7. The summed E-state index contributed by atoms with van der Waals surface area (Å²) in [6.07, 6.45) is 0.841. The molecule has 8 nitrogen and oxygen atoms in total. The first-order valence-corrected chi connectivity index (χ1v) is 8.16. The van der Waals surface area contributed by atoms with Crippen molar-refractivity contribution in [2.24, 2.45) is 4.99 Å². The van der Waals surface area contributed by atoms with Crippen molar-refractivity contribution in [3.05, 3.63) is 0 Å². The predicted molar refractivity (Wildman–Crippen MR) is 88.9 cm³/mol. The summed E-state index contributed by atoms with van der Waals surface area (Å²) >= 11 is 1.28. The van der Waals surface area contributed by atoms with E-state index in [1.165, 1.54) is 18.7 Å². The van der Waals surface area contributed by atoms with Crippen LogP contribution in [0.5, 0.6) is 0 Å². The van der Waals surface area contributed by atoms with Crippen molar-refractivity contribution in [1.29, 1.82) is 0 Å². The molecule has 9 heteroatoms. The van der Waals surface area contributed by atoms with Crippen molar-refractivity contribution in [1.82, 2.24) is 9.96 Å². The number of ether oxygens (including phenoxy) is 1. The molecular weight excluding hydrogens is 322 g/mol. The third-order valence-corrected chi connectivity index (χ3v) is 3.10. The molecule has 23 heavy (non-hydrogen) atoms. The van der Waals surface area contributed by atoms with Gasteiger partial charge in [0.05, 0.1) is 0 Å². The Morgan fingerprint density at radius 2 is 1.70 bits per heavy atom. The van der Waals surface area contributed by atoms with Gasteiger partial charge in [-0.3, -0.25) is 9.59 Å². The van der Waals surface area contributed by atoms with E-state index in [2.05, 4.69) is 4.99 Å². The Kier molecular flexibility index (Phi) is 8.08. The number of rotatable bonds is 2. The van der Waals surface area contributed by atoms with E-state index in [4.69, 9.17) is 9.57 Å². The molecule has 1 atom stereocenters. The molecule has 0 aromatic rings. The van der Waals surface area contributed by atoms with E-state index in [0.29, 0.717) is 10.2 Å². The second-order valence-corrected chi connectivity index (χ2v) is 6.67. The zero-order valence-electron chi connectivity index (χ0n) is 14.9. The monoisotopic (exact) mass is 347 g/mol. The maximum absolute atomic E-state index is 12.2. The van der Waals surface area contributed by atoms with E-state index in [1.807, 2.05) is 0 Å². The second-order valence-electron chi connectivity index (χ2n) is 5.90. The molecule has 0 bridgehead atoms. The van der Waals surface area contributed by atoms with E-state index in [1.54, 1.807) is 46.0 Å². The number of aliphatic imine (C=N–C) groups is 1. The summed E-state index contributed by atoms with van der Waals surface area (Å²) < 4.78 is 5.14. The molecule has 0 N–H and O–H groups in total. The Morgan fingerprint density at radius 3 is 2.04 bits per heavy atom. The zero-order chi connectivity index (χ0) is 18.4. The largest absolute Gasteiger partial charge is 0.444 e. The number of hydroxylamine groups is 2. The lowest BCUT2D eigenvalue weighted by Crippen LogP contribution is -2.46. The molecule has 0 saturated heterocycles. The van der Waals surface area contributed by atoms with Crippen LogP contribution >= 0.6 is 11.8 Å². The van der Waals surface area contributed by atoms with E-state index >= 15 is 0 Å². The van der Waals surface area contributed by atoms with Crippen LogP contribution in [0.3, 0.4) is 0 Å². The first kappa shape index (κ1) is 21.2. The molecule has 0 aliphatic rings. The predicted octanol–water partition coefficient (Wildman–Crippen LogP) is 1.90.